The highest BCUT2D eigenvalue weighted by Gasteiger charge is 2.22. The number of hydrogen-bond donors (Lipinski definition) is 1. The van der Waals surface area contributed by atoms with Gasteiger partial charge in [-0.05, 0) is 25.0 Å². The first kappa shape index (κ1) is 21.8. The van der Waals surface area contributed by atoms with E-state index in [0.29, 0.717) is 12.2 Å². The Kier molecular flexibility index (Phi) is 7.68. The van der Waals surface area contributed by atoms with E-state index in [1.165, 1.54) is 25.3 Å². The summed E-state index contributed by atoms with van der Waals surface area (Å²) < 4.78 is 16.3. The van der Waals surface area contributed by atoms with E-state index >= 15 is 0 Å². The minimum absolute atomic E-state index is 0. The first-order valence-electron chi connectivity index (χ1n) is 10.1. The van der Waals surface area contributed by atoms with Gasteiger partial charge in [0.1, 0.15) is 11.6 Å². The van der Waals surface area contributed by atoms with E-state index in [1.807, 2.05) is 12.1 Å². The highest BCUT2D eigenvalue weighted by atomic mass is 127. The minimum Gasteiger partial charge on any atom is -0.366 e. The second-order valence-electron chi connectivity index (χ2n) is 7.32. The van der Waals surface area contributed by atoms with Crippen molar-refractivity contribution >= 4 is 35.6 Å². The van der Waals surface area contributed by atoms with Crippen molar-refractivity contribution in [3.63, 3.8) is 0 Å². The van der Waals surface area contributed by atoms with Crippen molar-refractivity contribution in [1.82, 2.24) is 25.0 Å². The number of hydrogen-bond acceptors (Lipinski definition) is 4. The zero-order chi connectivity index (χ0) is 19.3. The molecule has 7 nitrogen and oxygen atoms in total. The summed E-state index contributed by atoms with van der Waals surface area (Å²) in [6.45, 7) is 4.74. The second kappa shape index (κ2) is 10.2. The normalized spacial score (nSPS) is 17.4. The van der Waals surface area contributed by atoms with Gasteiger partial charge < -0.3 is 19.7 Å². The van der Waals surface area contributed by atoms with E-state index in [1.54, 1.807) is 13.1 Å². The molecule has 3 heterocycles. The van der Waals surface area contributed by atoms with Crippen molar-refractivity contribution in [3.8, 4) is 0 Å². The molecule has 0 unspecified atom stereocenters. The molecule has 1 fully saturated rings. The number of benzene rings is 1. The molecule has 0 spiro atoms. The first-order valence-corrected chi connectivity index (χ1v) is 10.1. The Hall–Kier alpha value is -1.91. The van der Waals surface area contributed by atoms with Crippen LogP contribution >= 0.6 is 24.0 Å². The number of anilines is 1. The number of piperazine rings is 1. The summed E-state index contributed by atoms with van der Waals surface area (Å²) in [6.07, 6.45) is 4.65. The van der Waals surface area contributed by atoms with E-state index in [2.05, 4.69) is 34.9 Å². The van der Waals surface area contributed by atoms with Crippen LogP contribution in [0.3, 0.4) is 0 Å². The maximum atomic E-state index is 14.0. The summed E-state index contributed by atoms with van der Waals surface area (Å²) in [4.78, 5) is 8.75. The van der Waals surface area contributed by atoms with Gasteiger partial charge in [0.15, 0.2) is 11.8 Å². The summed E-state index contributed by atoms with van der Waals surface area (Å²) in [7, 11) is 1.80. The quantitative estimate of drug-likeness (QED) is 0.389. The van der Waals surface area contributed by atoms with E-state index < -0.39 is 0 Å². The SMILES string of the molecule is CN=C(NCc1nnc2n1CCCCC2)N1CCN(c2ccccc2F)CC1.I. The predicted molar refractivity (Wildman–Crippen MR) is 123 cm³/mol. The smallest absolute Gasteiger partial charge is 0.194 e. The molecular formula is C20H29FIN7. The molecule has 0 saturated carbocycles. The van der Waals surface area contributed by atoms with Gasteiger partial charge in [0.05, 0.1) is 12.2 Å². The third-order valence-corrected chi connectivity index (χ3v) is 5.57. The number of nitrogens with one attached hydrogen (secondary N) is 1. The fourth-order valence-electron chi connectivity index (χ4n) is 4.03. The van der Waals surface area contributed by atoms with Crippen LogP contribution in [0.5, 0.6) is 0 Å². The van der Waals surface area contributed by atoms with Crippen molar-refractivity contribution in [2.24, 2.45) is 4.99 Å². The minimum atomic E-state index is -0.161. The number of guanidine groups is 1. The van der Waals surface area contributed by atoms with Crippen LogP contribution in [0.25, 0.3) is 0 Å². The van der Waals surface area contributed by atoms with Crippen LogP contribution in [-0.2, 0) is 19.5 Å². The summed E-state index contributed by atoms with van der Waals surface area (Å²) in [5.74, 6) is 2.77. The molecule has 1 saturated heterocycles. The number of aromatic nitrogens is 3. The Labute approximate surface area is 188 Å². The molecule has 29 heavy (non-hydrogen) atoms. The van der Waals surface area contributed by atoms with Crippen LogP contribution in [-0.4, -0.2) is 58.9 Å². The number of aryl methyl sites for hydroxylation is 1. The molecule has 2 aromatic rings. The van der Waals surface area contributed by atoms with Crippen LogP contribution in [0.2, 0.25) is 0 Å². The van der Waals surface area contributed by atoms with E-state index in [0.717, 1.165) is 56.8 Å². The van der Waals surface area contributed by atoms with Crippen molar-refractivity contribution < 1.29 is 4.39 Å². The molecule has 2 aliphatic heterocycles. The maximum Gasteiger partial charge on any atom is 0.194 e. The summed E-state index contributed by atoms with van der Waals surface area (Å²) in [5, 5.41) is 12.2. The van der Waals surface area contributed by atoms with Crippen LogP contribution in [0.15, 0.2) is 29.3 Å². The van der Waals surface area contributed by atoms with Gasteiger partial charge in [-0.2, -0.15) is 0 Å². The van der Waals surface area contributed by atoms with Crippen LogP contribution in [0, 0.1) is 5.82 Å². The lowest BCUT2D eigenvalue weighted by molar-refractivity contribution is 0.369. The molecule has 2 aliphatic rings. The average molecular weight is 513 g/mol. The Bertz CT molecular complexity index is 830. The van der Waals surface area contributed by atoms with Gasteiger partial charge >= 0.3 is 0 Å². The van der Waals surface area contributed by atoms with Gasteiger partial charge in [-0.15, -0.1) is 34.2 Å². The number of aliphatic imine (C=N–C) groups is 1. The molecule has 0 bridgehead atoms. The molecule has 0 amide bonds. The second-order valence-corrected chi connectivity index (χ2v) is 7.32. The molecule has 0 aliphatic carbocycles. The van der Waals surface area contributed by atoms with Crippen molar-refractivity contribution in [1.29, 1.82) is 0 Å². The Balaban J connectivity index is 0.00000240. The van der Waals surface area contributed by atoms with Crippen molar-refractivity contribution in [3.05, 3.63) is 41.7 Å². The summed E-state index contributed by atoms with van der Waals surface area (Å²) in [5.41, 5.74) is 0.677. The largest absolute Gasteiger partial charge is 0.366 e. The van der Waals surface area contributed by atoms with Gasteiger partial charge in [-0.3, -0.25) is 4.99 Å². The number of rotatable bonds is 3. The number of para-hydroxylation sites is 1. The van der Waals surface area contributed by atoms with Gasteiger partial charge in [0, 0.05) is 46.2 Å². The maximum absolute atomic E-state index is 14.0. The Morgan fingerprint density at radius 1 is 1.07 bits per heavy atom. The third kappa shape index (κ3) is 4.99. The fraction of sp³-hybridized carbons (Fsp3) is 0.550. The zero-order valence-electron chi connectivity index (χ0n) is 16.8. The van der Waals surface area contributed by atoms with E-state index in [9.17, 15) is 4.39 Å². The molecule has 1 aromatic heterocycles. The number of nitrogens with zero attached hydrogens (tertiary/aromatic N) is 6. The van der Waals surface area contributed by atoms with Crippen LogP contribution < -0.4 is 10.2 Å². The molecule has 0 atom stereocenters. The van der Waals surface area contributed by atoms with E-state index in [4.69, 9.17) is 0 Å². The molecule has 0 radical (unpaired) electrons. The third-order valence-electron chi connectivity index (χ3n) is 5.57. The molecule has 9 heteroatoms. The van der Waals surface area contributed by atoms with Gasteiger partial charge in [-0.1, -0.05) is 18.6 Å². The van der Waals surface area contributed by atoms with Gasteiger partial charge in [0.25, 0.3) is 0 Å². The molecular weight excluding hydrogens is 484 g/mol. The van der Waals surface area contributed by atoms with Gasteiger partial charge in [-0.25, -0.2) is 4.39 Å². The zero-order valence-corrected chi connectivity index (χ0v) is 19.2. The molecule has 158 valence electrons. The molecule has 1 aromatic carbocycles. The number of halogens is 2. The van der Waals surface area contributed by atoms with Crippen molar-refractivity contribution in [2.75, 3.05) is 38.1 Å². The molecule has 4 rings (SSSR count). The van der Waals surface area contributed by atoms with Crippen LogP contribution in [0.4, 0.5) is 10.1 Å². The van der Waals surface area contributed by atoms with E-state index in [-0.39, 0.29) is 29.8 Å². The standard InChI is InChI=1S/C20H28FN7.HI/c1-22-20(23-15-19-25-24-18-9-3-2-6-10-28(18)19)27-13-11-26(12-14-27)17-8-5-4-7-16(17)21;/h4-5,7-8H,2-3,6,9-15H2,1H3,(H,22,23);1H. The molecule has 1 N–H and O–H groups in total. The fourth-order valence-corrected chi connectivity index (χ4v) is 4.03. The highest BCUT2D eigenvalue weighted by molar-refractivity contribution is 14.0. The Morgan fingerprint density at radius 3 is 2.62 bits per heavy atom. The lowest BCUT2D eigenvalue weighted by atomic mass is 10.2. The highest BCUT2D eigenvalue weighted by Crippen LogP contribution is 2.20. The summed E-state index contributed by atoms with van der Waals surface area (Å²) >= 11 is 0. The van der Waals surface area contributed by atoms with Crippen LogP contribution in [0.1, 0.15) is 30.9 Å². The lowest BCUT2D eigenvalue weighted by Crippen LogP contribution is -2.52. The Morgan fingerprint density at radius 2 is 1.86 bits per heavy atom. The summed E-state index contributed by atoms with van der Waals surface area (Å²) in [6, 6.07) is 6.97. The lowest BCUT2D eigenvalue weighted by Gasteiger charge is -2.37. The predicted octanol–water partition coefficient (Wildman–Crippen LogP) is 2.66. The number of fused-ring (bicyclic) bond motifs is 1. The topological polar surface area (TPSA) is 61.6 Å². The first-order chi connectivity index (χ1) is 13.8. The average Bonchev–Trinajstić information content (AvgIpc) is 2.95. The van der Waals surface area contributed by atoms with Gasteiger partial charge in [0.2, 0.25) is 0 Å². The van der Waals surface area contributed by atoms with Crippen molar-refractivity contribution in [2.45, 2.75) is 38.8 Å². The monoisotopic (exact) mass is 513 g/mol.